The van der Waals surface area contributed by atoms with E-state index in [0.29, 0.717) is 22.0 Å². The number of amides is 1. The predicted octanol–water partition coefficient (Wildman–Crippen LogP) is 4.69. The van der Waals surface area contributed by atoms with Gasteiger partial charge in [0.25, 0.3) is 5.91 Å². The molecule has 2 aromatic carbocycles. The van der Waals surface area contributed by atoms with Crippen molar-refractivity contribution in [1.29, 1.82) is 5.26 Å². The highest BCUT2D eigenvalue weighted by molar-refractivity contribution is 6.36. The van der Waals surface area contributed by atoms with Gasteiger partial charge in [0.15, 0.2) is 0 Å². The van der Waals surface area contributed by atoms with Crippen molar-refractivity contribution < 1.29 is 13.9 Å². The summed E-state index contributed by atoms with van der Waals surface area (Å²) in [5, 5.41) is 12.3. The van der Waals surface area contributed by atoms with E-state index >= 15 is 0 Å². The van der Waals surface area contributed by atoms with E-state index in [1.165, 1.54) is 49.6 Å². The number of halogens is 3. The summed E-state index contributed by atoms with van der Waals surface area (Å²) in [6, 6.07) is 9.99. The van der Waals surface area contributed by atoms with Crippen molar-refractivity contribution in [3.8, 4) is 11.8 Å². The summed E-state index contributed by atoms with van der Waals surface area (Å²) >= 11 is 12.0. The lowest BCUT2D eigenvalue weighted by Gasteiger charge is -2.09. The highest BCUT2D eigenvalue weighted by Gasteiger charge is 2.14. The molecule has 0 aliphatic rings. The summed E-state index contributed by atoms with van der Waals surface area (Å²) < 4.78 is 18.0. The van der Waals surface area contributed by atoms with Gasteiger partial charge in [0, 0.05) is 16.3 Å². The maximum absolute atomic E-state index is 12.9. The molecule has 0 fully saturated rings. The van der Waals surface area contributed by atoms with Gasteiger partial charge in [-0.3, -0.25) is 4.79 Å². The summed E-state index contributed by atoms with van der Waals surface area (Å²) in [5.41, 5.74) is 0.565. The molecule has 0 bridgehead atoms. The van der Waals surface area contributed by atoms with E-state index in [-0.39, 0.29) is 10.6 Å². The summed E-state index contributed by atoms with van der Waals surface area (Å²) in [6.07, 6.45) is 1.31. The van der Waals surface area contributed by atoms with Crippen LogP contribution in [0.5, 0.6) is 5.75 Å². The van der Waals surface area contributed by atoms with E-state index in [4.69, 9.17) is 27.9 Å². The minimum atomic E-state index is -0.651. The summed E-state index contributed by atoms with van der Waals surface area (Å²) in [5.74, 6) is -0.784. The molecule has 24 heavy (non-hydrogen) atoms. The molecule has 1 N–H and O–H groups in total. The van der Waals surface area contributed by atoms with E-state index in [2.05, 4.69) is 5.32 Å². The lowest BCUT2D eigenvalue weighted by atomic mass is 10.1. The van der Waals surface area contributed by atoms with Gasteiger partial charge < -0.3 is 10.1 Å². The number of hydrogen-bond donors (Lipinski definition) is 1. The highest BCUT2D eigenvalue weighted by Crippen LogP contribution is 2.33. The molecule has 7 heteroatoms. The molecular weight excluding hydrogens is 354 g/mol. The van der Waals surface area contributed by atoms with Crippen LogP contribution in [-0.4, -0.2) is 13.0 Å². The lowest BCUT2D eigenvalue weighted by Crippen LogP contribution is -2.13. The standard InChI is InChI=1S/C17H11Cl2FN2O2/c1-24-16-10(7-12(18)8-15(16)19)6-11(9-21)17(23)22-14-4-2-13(20)3-5-14/h2-8H,1H3,(H,22,23)/b11-6+. The fourth-order valence-electron chi connectivity index (χ4n) is 1.94. The summed E-state index contributed by atoms with van der Waals surface area (Å²) in [6.45, 7) is 0. The minimum Gasteiger partial charge on any atom is -0.495 e. The van der Waals surface area contributed by atoms with Gasteiger partial charge >= 0.3 is 0 Å². The number of nitriles is 1. The van der Waals surface area contributed by atoms with Crippen LogP contribution in [0.1, 0.15) is 5.56 Å². The van der Waals surface area contributed by atoms with Crippen LogP contribution in [0.3, 0.4) is 0 Å². The Morgan fingerprint density at radius 1 is 1.29 bits per heavy atom. The van der Waals surface area contributed by atoms with Crippen molar-refractivity contribution in [3.63, 3.8) is 0 Å². The minimum absolute atomic E-state index is 0.184. The van der Waals surface area contributed by atoms with Crippen molar-refractivity contribution in [2.45, 2.75) is 0 Å². The van der Waals surface area contributed by atoms with Crippen molar-refractivity contribution in [1.82, 2.24) is 0 Å². The molecular formula is C17H11Cl2FN2O2. The van der Waals surface area contributed by atoms with Gasteiger partial charge in [-0.25, -0.2) is 4.39 Å². The van der Waals surface area contributed by atoms with E-state index in [0.717, 1.165) is 0 Å². The number of ether oxygens (including phenoxy) is 1. The quantitative estimate of drug-likeness (QED) is 0.632. The summed E-state index contributed by atoms with van der Waals surface area (Å²) in [7, 11) is 1.41. The smallest absolute Gasteiger partial charge is 0.266 e. The molecule has 0 saturated carbocycles. The number of carbonyl (C=O) groups excluding carboxylic acids is 1. The van der Waals surface area contributed by atoms with Gasteiger partial charge in [-0.1, -0.05) is 23.2 Å². The van der Waals surface area contributed by atoms with Gasteiger partial charge in [-0.15, -0.1) is 0 Å². The van der Waals surface area contributed by atoms with Gasteiger partial charge in [0.2, 0.25) is 0 Å². The molecule has 0 spiro atoms. The first-order chi connectivity index (χ1) is 11.4. The third-order valence-electron chi connectivity index (χ3n) is 3.01. The molecule has 4 nitrogen and oxygen atoms in total. The molecule has 0 aliphatic carbocycles. The molecule has 0 aromatic heterocycles. The SMILES string of the molecule is COc1c(Cl)cc(Cl)cc1/C=C(\C#N)C(=O)Nc1ccc(F)cc1. The lowest BCUT2D eigenvalue weighted by molar-refractivity contribution is -0.112. The Hall–Kier alpha value is -2.55. The number of benzene rings is 2. The number of hydrogen-bond acceptors (Lipinski definition) is 3. The van der Waals surface area contributed by atoms with Crippen LogP contribution >= 0.6 is 23.2 Å². The predicted molar refractivity (Wildman–Crippen MR) is 91.6 cm³/mol. The van der Waals surface area contributed by atoms with Crippen molar-refractivity contribution in [3.05, 3.63) is 63.4 Å². The van der Waals surface area contributed by atoms with Crippen LogP contribution < -0.4 is 10.1 Å². The van der Waals surface area contributed by atoms with Crippen LogP contribution in [0, 0.1) is 17.1 Å². The molecule has 0 aliphatic heterocycles. The van der Waals surface area contributed by atoms with E-state index in [1.54, 1.807) is 6.07 Å². The Morgan fingerprint density at radius 2 is 1.96 bits per heavy atom. The third-order valence-corrected chi connectivity index (χ3v) is 3.51. The first kappa shape index (κ1) is 17.8. The number of carbonyl (C=O) groups is 1. The molecule has 0 saturated heterocycles. The van der Waals surface area contributed by atoms with Crippen LogP contribution in [0.4, 0.5) is 10.1 Å². The van der Waals surface area contributed by atoms with Gasteiger partial charge in [0.05, 0.1) is 12.1 Å². The molecule has 0 unspecified atom stereocenters. The molecule has 2 aromatic rings. The van der Waals surface area contributed by atoms with Crippen molar-refractivity contribution >= 4 is 40.9 Å². The first-order valence-corrected chi connectivity index (χ1v) is 7.42. The van der Waals surface area contributed by atoms with Crippen LogP contribution in [0.15, 0.2) is 42.0 Å². The second-order valence-electron chi connectivity index (χ2n) is 4.64. The average molecular weight is 365 g/mol. The average Bonchev–Trinajstić information content (AvgIpc) is 2.54. The highest BCUT2D eigenvalue weighted by atomic mass is 35.5. The molecule has 0 atom stereocenters. The number of anilines is 1. The fourth-order valence-corrected chi connectivity index (χ4v) is 2.52. The summed E-state index contributed by atoms with van der Waals surface area (Å²) in [4.78, 5) is 12.2. The Balaban J connectivity index is 2.34. The van der Waals surface area contributed by atoms with Crippen LogP contribution in [0.2, 0.25) is 10.0 Å². The zero-order chi connectivity index (χ0) is 17.7. The molecule has 2 rings (SSSR count). The number of nitrogens with one attached hydrogen (secondary N) is 1. The fraction of sp³-hybridized carbons (Fsp3) is 0.0588. The Bertz CT molecular complexity index is 843. The van der Waals surface area contributed by atoms with Crippen LogP contribution in [-0.2, 0) is 4.79 Å². The third kappa shape index (κ3) is 4.25. The van der Waals surface area contributed by atoms with Gasteiger partial charge in [0.1, 0.15) is 23.2 Å². The molecule has 0 radical (unpaired) electrons. The number of rotatable bonds is 4. The van der Waals surface area contributed by atoms with E-state index in [1.807, 2.05) is 0 Å². The van der Waals surface area contributed by atoms with Crippen molar-refractivity contribution in [2.75, 3.05) is 12.4 Å². The second kappa shape index (κ2) is 7.82. The van der Waals surface area contributed by atoms with Gasteiger partial charge in [-0.05, 0) is 42.5 Å². The maximum Gasteiger partial charge on any atom is 0.266 e. The monoisotopic (exact) mass is 364 g/mol. The van der Waals surface area contributed by atoms with E-state index < -0.39 is 11.7 Å². The van der Waals surface area contributed by atoms with Crippen LogP contribution in [0.25, 0.3) is 6.08 Å². The van der Waals surface area contributed by atoms with Crippen molar-refractivity contribution in [2.24, 2.45) is 0 Å². The second-order valence-corrected chi connectivity index (χ2v) is 5.48. The van der Waals surface area contributed by atoms with E-state index in [9.17, 15) is 14.4 Å². The first-order valence-electron chi connectivity index (χ1n) is 6.66. The Morgan fingerprint density at radius 3 is 2.54 bits per heavy atom. The van der Waals surface area contributed by atoms with Gasteiger partial charge in [-0.2, -0.15) is 5.26 Å². The number of methoxy groups -OCH3 is 1. The maximum atomic E-state index is 12.9. The largest absolute Gasteiger partial charge is 0.495 e. The Labute approximate surface area is 148 Å². The number of nitrogens with zero attached hydrogens (tertiary/aromatic N) is 1. The molecule has 0 heterocycles. The topological polar surface area (TPSA) is 62.1 Å². The zero-order valence-electron chi connectivity index (χ0n) is 12.4. The molecule has 122 valence electrons. The normalized spacial score (nSPS) is 10.9. The molecule has 1 amide bonds. The zero-order valence-corrected chi connectivity index (χ0v) is 14.0. The Kier molecular flexibility index (Phi) is 5.80.